The van der Waals surface area contributed by atoms with Crippen molar-refractivity contribution in [1.29, 1.82) is 0 Å². The van der Waals surface area contributed by atoms with Gasteiger partial charge in [0.25, 0.3) is 11.6 Å². The van der Waals surface area contributed by atoms with E-state index in [4.69, 9.17) is 5.11 Å². The van der Waals surface area contributed by atoms with Crippen molar-refractivity contribution in [3.8, 4) is 0 Å². The Bertz CT molecular complexity index is 482. The number of carbonyl (C=O) groups is 2. The number of carboxylic acid groups (broad SMARTS) is 1. The van der Waals surface area contributed by atoms with Gasteiger partial charge < -0.3 is 15.4 Å². The second kappa shape index (κ2) is 6.53. The minimum absolute atomic E-state index is 0.0400. The van der Waals surface area contributed by atoms with Crippen molar-refractivity contribution < 1.29 is 19.6 Å². The lowest BCUT2D eigenvalue weighted by atomic mass is 10.1. The first-order chi connectivity index (χ1) is 8.93. The maximum absolute atomic E-state index is 11.8. The third-order valence-corrected chi connectivity index (χ3v) is 2.52. The number of aliphatic carboxylic acids is 1. The summed E-state index contributed by atoms with van der Waals surface area (Å²) < 4.78 is 0. The van der Waals surface area contributed by atoms with Crippen LogP contribution in [0.5, 0.6) is 0 Å². The van der Waals surface area contributed by atoms with Gasteiger partial charge in [0.1, 0.15) is 5.69 Å². The Kier molecular flexibility index (Phi) is 5.04. The van der Waals surface area contributed by atoms with Gasteiger partial charge in [-0.05, 0) is 6.42 Å². The maximum atomic E-state index is 11.8. The standard InChI is InChI=1S/C11H15N3O5/c1-2-3-7(4-10(15)16)13-11(17)9-5-8(6-12-9)14(18)19/h5-7,12H,2-4H2,1H3,(H,13,17)(H,15,16). The van der Waals surface area contributed by atoms with E-state index in [-0.39, 0.29) is 17.8 Å². The number of H-pyrrole nitrogens is 1. The summed E-state index contributed by atoms with van der Waals surface area (Å²) in [6, 6.07) is 0.622. The molecule has 0 saturated heterocycles. The van der Waals surface area contributed by atoms with Gasteiger partial charge >= 0.3 is 5.97 Å². The Labute approximate surface area is 109 Å². The minimum Gasteiger partial charge on any atom is -0.481 e. The topological polar surface area (TPSA) is 125 Å². The molecule has 0 aliphatic rings. The van der Waals surface area contributed by atoms with E-state index in [2.05, 4.69) is 10.3 Å². The summed E-state index contributed by atoms with van der Waals surface area (Å²) in [7, 11) is 0. The van der Waals surface area contributed by atoms with Gasteiger partial charge in [-0.3, -0.25) is 19.7 Å². The van der Waals surface area contributed by atoms with Crippen LogP contribution in [-0.4, -0.2) is 32.9 Å². The zero-order valence-corrected chi connectivity index (χ0v) is 10.4. The average molecular weight is 269 g/mol. The lowest BCUT2D eigenvalue weighted by Gasteiger charge is -2.15. The normalized spacial score (nSPS) is 11.8. The van der Waals surface area contributed by atoms with E-state index in [1.165, 1.54) is 0 Å². The Balaban J connectivity index is 2.69. The molecule has 0 aliphatic carbocycles. The van der Waals surface area contributed by atoms with Crippen LogP contribution in [-0.2, 0) is 4.79 Å². The number of rotatable bonds is 7. The third-order valence-electron chi connectivity index (χ3n) is 2.52. The van der Waals surface area contributed by atoms with E-state index in [0.717, 1.165) is 18.7 Å². The van der Waals surface area contributed by atoms with E-state index >= 15 is 0 Å². The zero-order valence-electron chi connectivity index (χ0n) is 10.4. The second-order valence-electron chi connectivity index (χ2n) is 4.09. The molecule has 8 heteroatoms. The van der Waals surface area contributed by atoms with Crippen LogP contribution in [0.25, 0.3) is 0 Å². The summed E-state index contributed by atoms with van der Waals surface area (Å²) in [6.07, 6.45) is 2.19. The number of hydrogen-bond donors (Lipinski definition) is 3. The summed E-state index contributed by atoms with van der Waals surface area (Å²) in [6.45, 7) is 1.88. The molecular weight excluding hydrogens is 254 g/mol. The first-order valence-corrected chi connectivity index (χ1v) is 5.79. The predicted molar refractivity (Wildman–Crippen MR) is 65.9 cm³/mol. The molecule has 0 spiro atoms. The van der Waals surface area contributed by atoms with Crippen LogP contribution in [0.3, 0.4) is 0 Å². The van der Waals surface area contributed by atoms with Gasteiger partial charge in [0.2, 0.25) is 0 Å². The number of nitrogens with zero attached hydrogens (tertiary/aromatic N) is 1. The minimum atomic E-state index is -1.00. The Morgan fingerprint density at radius 2 is 2.26 bits per heavy atom. The van der Waals surface area contributed by atoms with E-state index in [9.17, 15) is 19.7 Å². The van der Waals surface area contributed by atoms with Gasteiger partial charge in [0.15, 0.2) is 0 Å². The average Bonchev–Trinajstić information content (AvgIpc) is 2.77. The van der Waals surface area contributed by atoms with Gasteiger partial charge in [-0.15, -0.1) is 0 Å². The van der Waals surface area contributed by atoms with Crippen LogP contribution in [0, 0.1) is 10.1 Å². The fraction of sp³-hybridized carbons (Fsp3) is 0.455. The van der Waals surface area contributed by atoms with Crippen molar-refractivity contribution in [1.82, 2.24) is 10.3 Å². The smallest absolute Gasteiger partial charge is 0.305 e. The Hall–Kier alpha value is -2.38. The first kappa shape index (κ1) is 14.7. The molecule has 0 saturated carbocycles. The molecule has 1 rings (SSSR count). The molecule has 1 aromatic heterocycles. The van der Waals surface area contributed by atoms with Crippen molar-refractivity contribution in [2.45, 2.75) is 32.2 Å². The van der Waals surface area contributed by atoms with Gasteiger partial charge in [0, 0.05) is 12.1 Å². The third kappa shape index (κ3) is 4.41. The summed E-state index contributed by atoms with van der Waals surface area (Å²) in [4.78, 5) is 34.8. The highest BCUT2D eigenvalue weighted by Crippen LogP contribution is 2.12. The molecule has 1 heterocycles. The highest BCUT2D eigenvalue weighted by Gasteiger charge is 2.19. The van der Waals surface area contributed by atoms with E-state index < -0.39 is 22.8 Å². The van der Waals surface area contributed by atoms with Crippen molar-refractivity contribution in [2.24, 2.45) is 0 Å². The lowest BCUT2D eigenvalue weighted by molar-refractivity contribution is -0.384. The highest BCUT2D eigenvalue weighted by molar-refractivity contribution is 5.93. The molecule has 0 aromatic carbocycles. The number of amides is 1. The molecule has 8 nitrogen and oxygen atoms in total. The number of nitro groups is 1. The first-order valence-electron chi connectivity index (χ1n) is 5.79. The molecule has 1 atom stereocenters. The van der Waals surface area contributed by atoms with Crippen LogP contribution in [0.1, 0.15) is 36.7 Å². The molecule has 0 aliphatic heterocycles. The van der Waals surface area contributed by atoms with Crippen molar-refractivity contribution in [3.05, 3.63) is 28.1 Å². The number of aromatic amines is 1. The monoisotopic (exact) mass is 269 g/mol. The summed E-state index contributed by atoms with van der Waals surface area (Å²) in [5, 5.41) is 21.7. The largest absolute Gasteiger partial charge is 0.481 e. The Morgan fingerprint density at radius 3 is 2.74 bits per heavy atom. The van der Waals surface area contributed by atoms with Crippen LogP contribution >= 0.6 is 0 Å². The summed E-state index contributed by atoms with van der Waals surface area (Å²) in [5.74, 6) is -1.55. The van der Waals surface area contributed by atoms with Crippen molar-refractivity contribution in [3.63, 3.8) is 0 Å². The molecule has 3 N–H and O–H groups in total. The quantitative estimate of drug-likeness (QED) is 0.508. The van der Waals surface area contributed by atoms with Gasteiger partial charge in [-0.1, -0.05) is 13.3 Å². The number of aromatic nitrogens is 1. The number of hydrogen-bond acceptors (Lipinski definition) is 4. The molecule has 104 valence electrons. The number of carboxylic acids is 1. The van der Waals surface area contributed by atoms with Crippen LogP contribution in [0.15, 0.2) is 12.3 Å². The van der Waals surface area contributed by atoms with Crippen LogP contribution < -0.4 is 5.32 Å². The van der Waals surface area contributed by atoms with E-state index in [1.807, 2.05) is 6.92 Å². The van der Waals surface area contributed by atoms with Crippen LogP contribution in [0.2, 0.25) is 0 Å². The van der Waals surface area contributed by atoms with E-state index in [1.54, 1.807) is 0 Å². The van der Waals surface area contributed by atoms with Gasteiger partial charge in [0.05, 0.1) is 17.5 Å². The van der Waals surface area contributed by atoms with Crippen molar-refractivity contribution in [2.75, 3.05) is 0 Å². The van der Waals surface area contributed by atoms with Gasteiger partial charge in [-0.2, -0.15) is 0 Å². The molecule has 1 amide bonds. The van der Waals surface area contributed by atoms with Gasteiger partial charge in [-0.25, -0.2) is 0 Å². The zero-order chi connectivity index (χ0) is 14.4. The molecular formula is C11H15N3O5. The lowest BCUT2D eigenvalue weighted by Crippen LogP contribution is -2.36. The molecule has 1 aromatic rings. The predicted octanol–water partition coefficient (Wildman–Crippen LogP) is 1.30. The molecule has 0 radical (unpaired) electrons. The fourth-order valence-corrected chi connectivity index (χ4v) is 1.67. The summed E-state index contributed by atoms with van der Waals surface area (Å²) in [5.41, 5.74) is -0.173. The van der Waals surface area contributed by atoms with Crippen LogP contribution in [0.4, 0.5) is 5.69 Å². The fourth-order valence-electron chi connectivity index (χ4n) is 1.67. The molecule has 0 fully saturated rings. The van der Waals surface area contributed by atoms with Crippen molar-refractivity contribution >= 4 is 17.6 Å². The molecule has 1 unspecified atom stereocenters. The second-order valence-corrected chi connectivity index (χ2v) is 4.09. The maximum Gasteiger partial charge on any atom is 0.305 e. The SMILES string of the molecule is CCCC(CC(=O)O)NC(=O)c1cc([N+](=O)[O-])c[nH]1. The molecule has 19 heavy (non-hydrogen) atoms. The summed E-state index contributed by atoms with van der Waals surface area (Å²) >= 11 is 0. The number of carbonyl (C=O) groups excluding carboxylic acids is 1. The highest BCUT2D eigenvalue weighted by atomic mass is 16.6. The molecule has 0 bridgehead atoms. The number of nitrogens with one attached hydrogen (secondary N) is 2. The van der Waals surface area contributed by atoms with E-state index in [0.29, 0.717) is 6.42 Å². The Morgan fingerprint density at radius 1 is 1.58 bits per heavy atom.